The van der Waals surface area contributed by atoms with Crippen LogP contribution in [0.25, 0.3) is 0 Å². The summed E-state index contributed by atoms with van der Waals surface area (Å²) >= 11 is 0. The van der Waals surface area contributed by atoms with E-state index >= 15 is 0 Å². The zero-order valence-electron chi connectivity index (χ0n) is 18.0. The van der Waals surface area contributed by atoms with Gasteiger partial charge in [0.05, 0.1) is 5.92 Å². The third kappa shape index (κ3) is 3.96. The van der Waals surface area contributed by atoms with E-state index in [0.717, 1.165) is 42.1 Å². The molecule has 0 atom stereocenters. The second-order valence-electron chi connectivity index (χ2n) is 9.24. The topological polar surface area (TPSA) is 41.6 Å². The monoisotopic (exact) mass is 412 g/mol. The third-order valence-corrected chi connectivity index (χ3v) is 6.20. The summed E-state index contributed by atoms with van der Waals surface area (Å²) in [5.41, 5.74) is 3.20. The molecule has 2 aliphatic rings. The quantitative estimate of drug-likeness (QED) is 0.658. The number of amides is 1. The fourth-order valence-corrected chi connectivity index (χ4v) is 4.82. The summed E-state index contributed by atoms with van der Waals surface area (Å²) in [6, 6.07) is 26.6. The van der Waals surface area contributed by atoms with Gasteiger partial charge in [0.1, 0.15) is 11.5 Å². The molecule has 158 valence electrons. The van der Waals surface area contributed by atoms with Gasteiger partial charge in [-0.15, -0.1) is 0 Å². The van der Waals surface area contributed by atoms with Gasteiger partial charge in [0.15, 0.2) is 0 Å². The minimum absolute atomic E-state index is 0.0287. The van der Waals surface area contributed by atoms with Crippen LogP contribution in [-0.4, -0.2) is 35.5 Å². The Hall–Kier alpha value is -3.11. The van der Waals surface area contributed by atoms with Gasteiger partial charge in [0, 0.05) is 35.8 Å². The van der Waals surface area contributed by atoms with Crippen LogP contribution in [-0.2, 0) is 11.2 Å². The first-order valence-corrected chi connectivity index (χ1v) is 11.0. The molecular weight excluding hydrogens is 384 g/mol. The van der Waals surface area contributed by atoms with Crippen molar-refractivity contribution in [1.82, 2.24) is 10.2 Å². The summed E-state index contributed by atoms with van der Waals surface area (Å²) < 4.78 is 6.05. The summed E-state index contributed by atoms with van der Waals surface area (Å²) in [5, 5.41) is 3.75. The van der Waals surface area contributed by atoms with Crippen molar-refractivity contribution >= 4 is 5.91 Å². The molecule has 0 bridgehead atoms. The smallest absolute Gasteiger partial charge is 0.234 e. The fraction of sp³-hybridized carbons (Fsp3) is 0.296. The number of nitrogens with zero attached hydrogens (tertiary/aromatic N) is 1. The Bertz CT molecular complexity index is 1040. The van der Waals surface area contributed by atoms with Crippen molar-refractivity contribution in [2.45, 2.75) is 37.8 Å². The van der Waals surface area contributed by atoms with Gasteiger partial charge >= 0.3 is 0 Å². The maximum absolute atomic E-state index is 13.6. The molecule has 0 aromatic heterocycles. The van der Waals surface area contributed by atoms with Crippen LogP contribution in [0, 0.1) is 0 Å². The predicted molar refractivity (Wildman–Crippen MR) is 123 cm³/mol. The van der Waals surface area contributed by atoms with E-state index in [9.17, 15) is 4.79 Å². The normalized spacial score (nSPS) is 16.1. The Morgan fingerprint density at radius 3 is 2.06 bits per heavy atom. The minimum Gasteiger partial charge on any atom is -0.457 e. The zero-order valence-corrected chi connectivity index (χ0v) is 18.0. The largest absolute Gasteiger partial charge is 0.457 e. The summed E-state index contributed by atoms with van der Waals surface area (Å²) in [6.45, 7) is 5.93. The molecule has 0 spiro atoms. The molecule has 4 heteroatoms. The second-order valence-corrected chi connectivity index (χ2v) is 9.24. The van der Waals surface area contributed by atoms with Gasteiger partial charge in [-0.2, -0.15) is 0 Å². The van der Waals surface area contributed by atoms with Crippen molar-refractivity contribution in [1.29, 1.82) is 0 Å². The molecule has 31 heavy (non-hydrogen) atoms. The Kier molecular flexibility index (Phi) is 5.03. The number of carbonyl (C=O) groups excluding carboxylic acids is 1. The zero-order chi connectivity index (χ0) is 21.4. The van der Waals surface area contributed by atoms with Crippen LogP contribution in [0.4, 0.5) is 0 Å². The van der Waals surface area contributed by atoms with Gasteiger partial charge in [-0.05, 0) is 38.0 Å². The highest BCUT2D eigenvalue weighted by Gasteiger charge is 2.40. The van der Waals surface area contributed by atoms with E-state index in [1.165, 1.54) is 5.56 Å². The second kappa shape index (κ2) is 7.86. The SMILES string of the molecule is CC(C)(Cc1ccccc1)NC1CN(C(=O)C2c3ccccc3Oc3ccccc32)C1. The van der Waals surface area contributed by atoms with Crippen molar-refractivity contribution in [2.75, 3.05) is 13.1 Å². The van der Waals surface area contributed by atoms with Crippen LogP contribution in [0.5, 0.6) is 11.5 Å². The number of rotatable bonds is 5. The number of carbonyl (C=O) groups is 1. The molecule has 1 saturated heterocycles. The minimum atomic E-state index is -0.306. The number of hydrogen-bond donors (Lipinski definition) is 1. The number of hydrogen-bond acceptors (Lipinski definition) is 3. The number of fused-ring (bicyclic) bond motifs is 2. The van der Waals surface area contributed by atoms with E-state index < -0.39 is 0 Å². The molecular formula is C27H28N2O2. The lowest BCUT2D eigenvalue weighted by Gasteiger charge is -2.45. The number of nitrogens with one attached hydrogen (secondary N) is 1. The Labute approximate surface area is 183 Å². The Morgan fingerprint density at radius 1 is 0.903 bits per heavy atom. The molecule has 2 aliphatic heterocycles. The first kappa shape index (κ1) is 19.8. The van der Waals surface area contributed by atoms with Crippen LogP contribution in [0.15, 0.2) is 78.9 Å². The van der Waals surface area contributed by atoms with E-state index in [-0.39, 0.29) is 17.4 Å². The highest BCUT2D eigenvalue weighted by atomic mass is 16.5. The lowest BCUT2D eigenvalue weighted by atomic mass is 9.85. The summed E-state index contributed by atoms with van der Waals surface area (Å²) in [7, 11) is 0. The number of likely N-dealkylation sites (tertiary alicyclic amines) is 1. The van der Waals surface area contributed by atoms with Crippen LogP contribution >= 0.6 is 0 Å². The molecule has 0 saturated carbocycles. The van der Waals surface area contributed by atoms with Gasteiger partial charge < -0.3 is 15.0 Å². The molecule has 0 radical (unpaired) electrons. The van der Waals surface area contributed by atoms with Gasteiger partial charge in [0.25, 0.3) is 0 Å². The average Bonchev–Trinajstić information content (AvgIpc) is 2.74. The molecule has 0 unspecified atom stereocenters. The predicted octanol–water partition coefficient (Wildman–Crippen LogP) is 4.75. The van der Waals surface area contributed by atoms with Gasteiger partial charge in [-0.3, -0.25) is 4.79 Å². The summed E-state index contributed by atoms with van der Waals surface area (Å²) in [5.74, 6) is 1.40. The summed E-state index contributed by atoms with van der Waals surface area (Å²) in [6.07, 6.45) is 0.957. The van der Waals surface area contributed by atoms with Crippen molar-refractivity contribution in [3.8, 4) is 11.5 Å². The molecule has 5 rings (SSSR count). The van der Waals surface area contributed by atoms with Crippen molar-refractivity contribution in [2.24, 2.45) is 0 Å². The molecule has 0 aliphatic carbocycles. The standard InChI is InChI=1S/C27H28N2O2/c1-27(2,16-19-10-4-3-5-11-19)28-20-17-29(18-20)26(30)25-21-12-6-8-14-23(21)31-24-15-9-7-13-22(24)25/h3-15,20,25,28H,16-18H2,1-2H3. The Balaban J connectivity index is 1.28. The van der Waals surface area contributed by atoms with Crippen LogP contribution in [0.3, 0.4) is 0 Å². The summed E-state index contributed by atoms with van der Waals surface area (Å²) in [4.78, 5) is 15.5. The van der Waals surface area contributed by atoms with E-state index in [4.69, 9.17) is 4.74 Å². The Morgan fingerprint density at radius 2 is 1.45 bits per heavy atom. The lowest BCUT2D eigenvalue weighted by molar-refractivity contribution is -0.137. The third-order valence-electron chi connectivity index (χ3n) is 6.20. The van der Waals surface area contributed by atoms with Gasteiger partial charge in [0.2, 0.25) is 5.91 Å². The van der Waals surface area contributed by atoms with Crippen LogP contribution in [0.2, 0.25) is 0 Å². The van der Waals surface area contributed by atoms with Crippen molar-refractivity contribution < 1.29 is 9.53 Å². The van der Waals surface area contributed by atoms with E-state index in [0.29, 0.717) is 6.04 Å². The lowest BCUT2D eigenvalue weighted by Crippen LogP contribution is -2.65. The number of para-hydroxylation sites is 2. The maximum Gasteiger partial charge on any atom is 0.234 e. The van der Waals surface area contributed by atoms with Gasteiger partial charge in [-0.1, -0.05) is 66.7 Å². The molecule has 1 fully saturated rings. The molecule has 1 amide bonds. The highest BCUT2D eigenvalue weighted by Crippen LogP contribution is 2.45. The first-order valence-electron chi connectivity index (χ1n) is 11.0. The van der Waals surface area contributed by atoms with E-state index in [1.54, 1.807) is 0 Å². The molecule has 2 heterocycles. The average molecular weight is 413 g/mol. The molecule has 1 N–H and O–H groups in total. The molecule has 3 aromatic rings. The van der Waals surface area contributed by atoms with Gasteiger partial charge in [-0.25, -0.2) is 0 Å². The fourth-order valence-electron chi connectivity index (χ4n) is 4.82. The van der Waals surface area contributed by atoms with E-state index in [2.05, 4.69) is 43.4 Å². The molecule has 3 aromatic carbocycles. The number of ether oxygens (including phenoxy) is 1. The first-order chi connectivity index (χ1) is 15.0. The van der Waals surface area contributed by atoms with E-state index in [1.807, 2.05) is 59.5 Å². The highest BCUT2D eigenvalue weighted by molar-refractivity contribution is 5.90. The maximum atomic E-state index is 13.6. The van der Waals surface area contributed by atoms with Crippen molar-refractivity contribution in [3.63, 3.8) is 0 Å². The van der Waals surface area contributed by atoms with Crippen LogP contribution in [0.1, 0.15) is 36.5 Å². The number of benzene rings is 3. The molecule has 4 nitrogen and oxygen atoms in total. The van der Waals surface area contributed by atoms with Crippen molar-refractivity contribution in [3.05, 3.63) is 95.6 Å². The van der Waals surface area contributed by atoms with Crippen LogP contribution < -0.4 is 10.1 Å².